The molecule has 1 saturated heterocycles. The first-order chi connectivity index (χ1) is 16.8. The molecule has 0 bridgehead atoms. The van der Waals surface area contributed by atoms with Crippen molar-refractivity contribution in [3.05, 3.63) is 64.2 Å². The maximum absolute atomic E-state index is 12.8. The van der Waals surface area contributed by atoms with Crippen molar-refractivity contribution < 1.29 is 28.8 Å². The molecule has 5 rings (SSSR count). The molecule has 3 amide bonds. The van der Waals surface area contributed by atoms with Gasteiger partial charge in [0, 0.05) is 30.6 Å². The highest BCUT2D eigenvalue weighted by molar-refractivity contribution is 6.05. The average Bonchev–Trinajstić information content (AvgIpc) is 3.42. The maximum Gasteiger partial charge on any atom is 0.335 e. The Labute approximate surface area is 199 Å². The first kappa shape index (κ1) is 22.3. The molecule has 3 heterocycles. The van der Waals surface area contributed by atoms with Gasteiger partial charge in [0.2, 0.25) is 17.6 Å². The van der Waals surface area contributed by atoms with Crippen LogP contribution in [0.2, 0.25) is 0 Å². The van der Waals surface area contributed by atoms with Crippen molar-refractivity contribution >= 4 is 29.7 Å². The molecule has 0 spiro atoms. The number of anilines is 1. The van der Waals surface area contributed by atoms with Gasteiger partial charge in [-0.15, -0.1) is 0 Å². The molecule has 178 valence electrons. The molecule has 2 aromatic carbocycles. The highest BCUT2D eigenvalue weighted by atomic mass is 16.5. The van der Waals surface area contributed by atoms with E-state index >= 15 is 0 Å². The van der Waals surface area contributed by atoms with E-state index in [1.54, 1.807) is 31.2 Å². The summed E-state index contributed by atoms with van der Waals surface area (Å²) in [5.74, 6) is -1.76. The van der Waals surface area contributed by atoms with Gasteiger partial charge in [-0.3, -0.25) is 19.7 Å². The Balaban J connectivity index is 1.26. The molecule has 35 heavy (non-hydrogen) atoms. The fourth-order valence-corrected chi connectivity index (χ4v) is 4.32. The Bertz CT molecular complexity index is 1380. The number of amides is 3. The van der Waals surface area contributed by atoms with E-state index in [1.165, 1.54) is 11.0 Å². The number of imide groups is 1. The zero-order chi connectivity index (χ0) is 24.7. The van der Waals surface area contributed by atoms with Crippen molar-refractivity contribution in [2.45, 2.75) is 38.9 Å². The van der Waals surface area contributed by atoms with Crippen LogP contribution in [-0.2, 0) is 22.7 Å². The molecule has 0 aliphatic carbocycles. The summed E-state index contributed by atoms with van der Waals surface area (Å²) in [4.78, 5) is 53.6. The van der Waals surface area contributed by atoms with Crippen LogP contribution in [0.15, 0.2) is 40.9 Å². The van der Waals surface area contributed by atoms with Crippen LogP contribution < -0.4 is 10.6 Å². The first-order valence-electron chi connectivity index (χ1n) is 11.0. The molecule has 1 fully saturated rings. The van der Waals surface area contributed by atoms with Gasteiger partial charge in [0.15, 0.2) is 0 Å². The summed E-state index contributed by atoms with van der Waals surface area (Å²) in [5, 5.41) is 18.6. The predicted molar refractivity (Wildman–Crippen MR) is 121 cm³/mol. The summed E-state index contributed by atoms with van der Waals surface area (Å²) >= 11 is 0. The second-order valence-electron chi connectivity index (χ2n) is 8.50. The number of benzene rings is 2. The lowest BCUT2D eigenvalue weighted by Gasteiger charge is -2.29. The minimum absolute atomic E-state index is 0.166. The summed E-state index contributed by atoms with van der Waals surface area (Å²) < 4.78 is 5.24. The second kappa shape index (κ2) is 8.67. The third-order valence-corrected chi connectivity index (χ3v) is 6.18. The van der Waals surface area contributed by atoms with Crippen LogP contribution in [0.25, 0.3) is 11.4 Å². The molecule has 1 unspecified atom stereocenters. The number of nitrogens with zero attached hydrogens (tertiary/aromatic N) is 3. The number of nitrogens with one attached hydrogen (secondary N) is 2. The zero-order valence-corrected chi connectivity index (χ0v) is 18.7. The second-order valence-corrected chi connectivity index (χ2v) is 8.50. The first-order valence-corrected chi connectivity index (χ1v) is 11.0. The zero-order valence-electron chi connectivity index (χ0n) is 18.7. The van der Waals surface area contributed by atoms with Crippen molar-refractivity contribution in [1.82, 2.24) is 20.4 Å². The van der Waals surface area contributed by atoms with Crippen LogP contribution in [0.1, 0.15) is 50.2 Å². The summed E-state index contributed by atoms with van der Waals surface area (Å²) in [6, 6.07) is 9.82. The monoisotopic (exact) mass is 475 g/mol. The van der Waals surface area contributed by atoms with E-state index in [0.717, 1.165) is 11.1 Å². The van der Waals surface area contributed by atoms with Gasteiger partial charge in [-0.05, 0) is 42.2 Å². The lowest BCUT2D eigenvalue weighted by molar-refractivity contribution is -0.136. The fourth-order valence-electron chi connectivity index (χ4n) is 4.32. The van der Waals surface area contributed by atoms with Gasteiger partial charge in [0.25, 0.3) is 5.91 Å². The highest BCUT2D eigenvalue weighted by Gasteiger charge is 2.39. The number of hydrogen-bond donors (Lipinski definition) is 3. The van der Waals surface area contributed by atoms with Gasteiger partial charge in [-0.1, -0.05) is 29.4 Å². The van der Waals surface area contributed by atoms with Crippen molar-refractivity contribution in [3.63, 3.8) is 0 Å². The minimum atomic E-state index is -1.03. The molecule has 1 atom stereocenters. The van der Waals surface area contributed by atoms with Crippen LogP contribution in [-0.4, -0.2) is 49.9 Å². The summed E-state index contributed by atoms with van der Waals surface area (Å²) in [5.41, 5.74) is 3.52. The molecule has 11 nitrogen and oxygen atoms in total. The molecule has 0 saturated carbocycles. The van der Waals surface area contributed by atoms with E-state index < -0.39 is 17.9 Å². The summed E-state index contributed by atoms with van der Waals surface area (Å²) in [6.07, 6.45) is 0.519. The van der Waals surface area contributed by atoms with Crippen molar-refractivity contribution in [2.24, 2.45) is 0 Å². The number of aromatic nitrogens is 2. The number of carboxylic acid groups (broad SMARTS) is 1. The van der Waals surface area contributed by atoms with Crippen LogP contribution in [0.3, 0.4) is 0 Å². The van der Waals surface area contributed by atoms with Crippen LogP contribution in [0.5, 0.6) is 0 Å². The Kier molecular flexibility index (Phi) is 5.51. The molecular formula is C24H21N5O6. The molecule has 3 aromatic rings. The molecule has 2 aliphatic rings. The van der Waals surface area contributed by atoms with Crippen molar-refractivity contribution in [1.29, 1.82) is 0 Å². The average molecular weight is 475 g/mol. The van der Waals surface area contributed by atoms with Gasteiger partial charge >= 0.3 is 12.0 Å². The number of carboxylic acids is 1. The molecule has 11 heteroatoms. The fraction of sp³-hybridized carbons (Fsp3) is 0.250. The molecular weight excluding hydrogens is 454 g/mol. The Morgan fingerprint density at radius 1 is 1.23 bits per heavy atom. The SMILES string of the molecule is Cc1ccc(-c2noc(NCc3ccc4c(c3)CN(C3CCC(=O)NC3=O)C4=O)n2)cc1C(=O)O. The van der Waals surface area contributed by atoms with E-state index in [-0.39, 0.29) is 35.6 Å². The molecule has 2 aliphatic heterocycles. The minimum Gasteiger partial charge on any atom is -0.478 e. The standard InChI is InChI=1S/C24H21N5O6/c1-12-2-4-14(9-17(12)23(33)34)20-27-24(35-28-20)25-10-13-3-5-16-15(8-13)11-29(22(16)32)18-6-7-19(30)26-21(18)31/h2-5,8-9,18H,6-7,10-11H2,1H3,(H,33,34)(H,25,27,28)(H,26,30,31). The molecule has 0 radical (unpaired) electrons. The smallest absolute Gasteiger partial charge is 0.335 e. The number of rotatable bonds is 6. The largest absolute Gasteiger partial charge is 0.478 e. The van der Waals surface area contributed by atoms with Crippen LogP contribution in [0.4, 0.5) is 6.01 Å². The van der Waals surface area contributed by atoms with E-state index in [0.29, 0.717) is 36.2 Å². The Morgan fingerprint density at radius 3 is 2.83 bits per heavy atom. The lowest BCUT2D eigenvalue weighted by atomic mass is 10.0. The van der Waals surface area contributed by atoms with Gasteiger partial charge in [-0.2, -0.15) is 4.98 Å². The maximum atomic E-state index is 12.8. The Hall–Kier alpha value is -4.54. The number of piperidine rings is 1. The van der Waals surface area contributed by atoms with Crippen LogP contribution in [0, 0.1) is 6.92 Å². The normalized spacial score (nSPS) is 17.3. The number of fused-ring (bicyclic) bond motifs is 1. The van der Waals surface area contributed by atoms with E-state index in [4.69, 9.17) is 4.52 Å². The third-order valence-electron chi connectivity index (χ3n) is 6.18. The number of aromatic carboxylic acids is 1. The van der Waals surface area contributed by atoms with Gasteiger partial charge in [0.1, 0.15) is 6.04 Å². The number of carbonyl (C=O) groups is 4. The van der Waals surface area contributed by atoms with Crippen molar-refractivity contribution in [2.75, 3.05) is 5.32 Å². The van der Waals surface area contributed by atoms with Crippen LogP contribution >= 0.6 is 0 Å². The topological polar surface area (TPSA) is 155 Å². The summed E-state index contributed by atoms with van der Waals surface area (Å²) in [6.45, 7) is 2.35. The highest BCUT2D eigenvalue weighted by Crippen LogP contribution is 2.28. The lowest BCUT2D eigenvalue weighted by Crippen LogP contribution is -2.52. The van der Waals surface area contributed by atoms with Gasteiger partial charge < -0.3 is 19.8 Å². The quantitative estimate of drug-likeness (QED) is 0.455. The third kappa shape index (κ3) is 4.23. The number of aryl methyl sites for hydroxylation is 1. The number of hydrogen-bond acceptors (Lipinski definition) is 8. The van der Waals surface area contributed by atoms with E-state index in [2.05, 4.69) is 20.8 Å². The molecule has 3 N–H and O–H groups in total. The summed E-state index contributed by atoms with van der Waals surface area (Å²) in [7, 11) is 0. The molecule has 1 aromatic heterocycles. The van der Waals surface area contributed by atoms with E-state index in [9.17, 15) is 24.3 Å². The van der Waals surface area contributed by atoms with Gasteiger partial charge in [-0.25, -0.2) is 4.79 Å². The van der Waals surface area contributed by atoms with Crippen molar-refractivity contribution in [3.8, 4) is 11.4 Å². The predicted octanol–water partition coefficient (Wildman–Crippen LogP) is 2.12. The van der Waals surface area contributed by atoms with E-state index in [1.807, 2.05) is 6.07 Å². The Morgan fingerprint density at radius 2 is 2.06 bits per heavy atom. The van der Waals surface area contributed by atoms with Gasteiger partial charge in [0.05, 0.1) is 5.56 Å². The number of carbonyl (C=O) groups excluding carboxylic acids is 3.